The fraction of sp³-hybridized carbons (Fsp3) is 0.875. The Balaban J connectivity index is 2.68. The van der Waals surface area contributed by atoms with Gasteiger partial charge in [-0.3, -0.25) is 4.79 Å². The van der Waals surface area contributed by atoms with Crippen LogP contribution in [0.15, 0.2) is 0 Å². The Bertz CT molecular complexity index is 218. The molecule has 0 aromatic carbocycles. The number of esters is 1. The number of hydrogen-bond donors (Lipinski definition) is 3. The molecule has 0 aromatic rings. The van der Waals surface area contributed by atoms with E-state index in [-0.39, 0.29) is 0 Å². The third-order valence-corrected chi connectivity index (χ3v) is 2.10. The molecular formula is C8H14O6. The van der Waals surface area contributed by atoms with Gasteiger partial charge in [0.2, 0.25) is 0 Å². The van der Waals surface area contributed by atoms with Gasteiger partial charge in [0.15, 0.2) is 12.4 Å². The van der Waals surface area contributed by atoms with E-state index in [0.717, 1.165) is 6.92 Å². The Morgan fingerprint density at radius 3 is 2.36 bits per heavy atom. The fourth-order valence-corrected chi connectivity index (χ4v) is 1.34. The summed E-state index contributed by atoms with van der Waals surface area (Å²) in [6.45, 7) is 2.64. The molecule has 1 heterocycles. The Labute approximate surface area is 81.1 Å². The summed E-state index contributed by atoms with van der Waals surface area (Å²) in [5.41, 5.74) is 0. The van der Waals surface area contributed by atoms with E-state index in [9.17, 15) is 20.1 Å². The summed E-state index contributed by atoms with van der Waals surface area (Å²) in [6.07, 6.45) is -5.86. The summed E-state index contributed by atoms with van der Waals surface area (Å²) < 4.78 is 9.46. The molecule has 0 unspecified atom stereocenters. The predicted octanol–water partition coefficient (Wildman–Crippen LogP) is -1.62. The zero-order chi connectivity index (χ0) is 10.9. The molecule has 3 N–H and O–H groups in total. The van der Waals surface area contributed by atoms with E-state index in [4.69, 9.17) is 4.74 Å². The molecule has 0 aromatic heterocycles. The Morgan fingerprint density at radius 2 is 1.86 bits per heavy atom. The third-order valence-electron chi connectivity index (χ3n) is 2.10. The largest absolute Gasteiger partial charge is 0.454 e. The normalized spacial score (nSPS) is 43.4. The predicted molar refractivity (Wildman–Crippen MR) is 44.1 cm³/mol. The summed E-state index contributed by atoms with van der Waals surface area (Å²) in [6, 6.07) is 0. The van der Waals surface area contributed by atoms with Crippen LogP contribution in [-0.4, -0.2) is 52.0 Å². The van der Waals surface area contributed by atoms with Crippen molar-refractivity contribution in [3.05, 3.63) is 0 Å². The van der Waals surface area contributed by atoms with E-state index in [2.05, 4.69) is 4.74 Å². The topological polar surface area (TPSA) is 96.2 Å². The van der Waals surface area contributed by atoms with Crippen LogP contribution in [0.4, 0.5) is 0 Å². The van der Waals surface area contributed by atoms with Crippen LogP contribution in [0.3, 0.4) is 0 Å². The van der Waals surface area contributed by atoms with E-state index in [0.29, 0.717) is 0 Å². The van der Waals surface area contributed by atoms with E-state index >= 15 is 0 Å². The SMILES string of the molecule is CC(=O)O[C@H]1[C@H](O)[C@H](O)[C@H](C)O[C@@H]1O. The van der Waals surface area contributed by atoms with Gasteiger partial charge in [-0.05, 0) is 6.92 Å². The quantitative estimate of drug-likeness (QED) is 0.446. The van der Waals surface area contributed by atoms with Crippen molar-refractivity contribution in [3.8, 4) is 0 Å². The lowest BCUT2D eigenvalue weighted by molar-refractivity contribution is -0.282. The molecule has 82 valence electrons. The molecule has 14 heavy (non-hydrogen) atoms. The average molecular weight is 206 g/mol. The van der Waals surface area contributed by atoms with Crippen molar-refractivity contribution in [2.75, 3.05) is 0 Å². The molecule has 0 aliphatic carbocycles. The molecule has 0 amide bonds. The second kappa shape index (κ2) is 4.22. The number of carbonyl (C=O) groups is 1. The molecule has 0 radical (unpaired) electrons. The fourth-order valence-electron chi connectivity index (χ4n) is 1.34. The summed E-state index contributed by atoms with van der Waals surface area (Å²) in [5, 5.41) is 28.1. The lowest BCUT2D eigenvalue weighted by Gasteiger charge is -2.38. The van der Waals surface area contributed by atoms with E-state index in [1.165, 1.54) is 6.92 Å². The van der Waals surface area contributed by atoms with Crippen LogP contribution in [-0.2, 0) is 14.3 Å². The smallest absolute Gasteiger partial charge is 0.303 e. The number of aliphatic hydroxyl groups is 3. The van der Waals surface area contributed by atoms with Crippen molar-refractivity contribution in [2.24, 2.45) is 0 Å². The van der Waals surface area contributed by atoms with Crippen molar-refractivity contribution in [2.45, 2.75) is 44.6 Å². The summed E-state index contributed by atoms with van der Waals surface area (Å²) in [5.74, 6) is -0.654. The minimum Gasteiger partial charge on any atom is -0.454 e. The van der Waals surface area contributed by atoms with Crippen LogP contribution in [0, 0.1) is 0 Å². The van der Waals surface area contributed by atoms with Gasteiger partial charge in [0.05, 0.1) is 6.10 Å². The molecule has 0 saturated carbocycles. The van der Waals surface area contributed by atoms with Crippen LogP contribution < -0.4 is 0 Å². The van der Waals surface area contributed by atoms with Crippen LogP contribution in [0.25, 0.3) is 0 Å². The minimum atomic E-state index is -1.41. The van der Waals surface area contributed by atoms with Gasteiger partial charge >= 0.3 is 5.97 Å². The summed E-state index contributed by atoms with van der Waals surface area (Å²) in [4.78, 5) is 10.6. The number of ether oxygens (including phenoxy) is 2. The van der Waals surface area contributed by atoms with Crippen LogP contribution in [0.2, 0.25) is 0 Å². The highest BCUT2D eigenvalue weighted by molar-refractivity contribution is 5.66. The van der Waals surface area contributed by atoms with Gasteiger partial charge in [0.1, 0.15) is 12.2 Å². The number of rotatable bonds is 1. The molecular weight excluding hydrogens is 192 g/mol. The average Bonchev–Trinajstić information content (AvgIpc) is 2.09. The molecule has 6 nitrogen and oxygen atoms in total. The highest BCUT2D eigenvalue weighted by atomic mass is 16.7. The third kappa shape index (κ3) is 2.21. The van der Waals surface area contributed by atoms with E-state index in [1.54, 1.807) is 0 Å². The Morgan fingerprint density at radius 1 is 1.29 bits per heavy atom. The van der Waals surface area contributed by atoms with Gasteiger partial charge in [-0.1, -0.05) is 0 Å². The highest BCUT2D eigenvalue weighted by Gasteiger charge is 2.43. The van der Waals surface area contributed by atoms with Gasteiger partial charge in [-0.2, -0.15) is 0 Å². The zero-order valence-corrected chi connectivity index (χ0v) is 7.95. The molecule has 5 atom stereocenters. The van der Waals surface area contributed by atoms with Crippen molar-refractivity contribution in [3.63, 3.8) is 0 Å². The van der Waals surface area contributed by atoms with Crippen LogP contribution in [0.5, 0.6) is 0 Å². The molecule has 0 bridgehead atoms. The maximum atomic E-state index is 10.6. The van der Waals surface area contributed by atoms with Crippen LogP contribution in [0.1, 0.15) is 13.8 Å². The van der Waals surface area contributed by atoms with Gasteiger partial charge in [0.25, 0.3) is 0 Å². The van der Waals surface area contributed by atoms with Gasteiger partial charge in [0, 0.05) is 6.92 Å². The highest BCUT2D eigenvalue weighted by Crippen LogP contribution is 2.21. The molecule has 0 spiro atoms. The minimum absolute atomic E-state index is 0.654. The molecule has 1 aliphatic heterocycles. The lowest BCUT2D eigenvalue weighted by atomic mass is 10.00. The second-order valence-electron chi connectivity index (χ2n) is 3.29. The molecule has 1 fully saturated rings. The Kier molecular flexibility index (Phi) is 3.43. The monoisotopic (exact) mass is 206 g/mol. The van der Waals surface area contributed by atoms with E-state index < -0.39 is 36.7 Å². The van der Waals surface area contributed by atoms with Crippen molar-refractivity contribution >= 4 is 5.97 Å². The standard InChI is InChI=1S/C8H14O6/c1-3-5(10)6(11)7(8(12)13-3)14-4(2)9/h3,5-8,10-12H,1-2H3/t3-,5+,6+,7-,8-/m0/s1. The van der Waals surface area contributed by atoms with Crippen molar-refractivity contribution < 1.29 is 29.6 Å². The number of carbonyl (C=O) groups excluding carboxylic acids is 1. The first-order valence-electron chi connectivity index (χ1n) is 4.30. The Hall–Kier alpha value is -0.690. The summed E-state index contributed by atoms with van der Waals surface area (Å²) >= 11 is 0. The first kappa shape index (κ1) is 11.4. The lowest BCUT2D eigenvalue weighted by Crippen LogP contribution is -2.57. The number of aliphatic hydroxyl groups excluding tert-OH is 3. The maximum absolute atomic E-state index is 10.6. The first-order chi connectivity index (χ1) is 6.43. The van der Waals surface area contributed by atoms with E-state index in [1.807, 2.05) is 0 Å². The zero-order valence-electron chi connectivity index (χ0n) is 7.95. The molecule has 1 rings (SSSR count). The van der Waals surface area contributed by atoms with Gasteiger partial charge < -0.3 is 24.8 Å². The molecule has 6 heteroatoms. The van der Waals surface area contributed by atoms with Crippen LogP contribution >= 0.6 is 0 Å². The first-order valence-corrected chi connectivity index (χ1v) is 4.30. The number of hydrogen-bond acceptors (Lipinski definition) is 6. The maximum Gasteiger partial charge on any atom is 0.303 e. The molecule has 1 saturated heterocycles. The van der Waals surface area contributed by atoms with Crippen molar-refractivity contribution in [1.82, 2.24) is 0 Å². The second-order valence-corrected chi connectivity index (χ2v) is 3.29. The summed E-state index contributed by atoms with van der Waals surface area (Å²) in [7, 11) is 0. The van der Waals surface area contributed by atoms with Gasteiger partial charge in [-0.15, -0.1) is 0 Å². The van der Waals surface area contributed by atoms with Gasteiger partial charge in [-0.25, -0.2) is 0 Å². The van der Waals surface area contributed by atoms with Crippen molar-refractivity contribution in [1.29, 1.82) is 0 Å². The molecule has 1 aliphatic rings.